The first kappa shape index (κ1) is 18.2. The first-order valence-electron chi connectivity index (χ1n) is 8.86. The van der Waals surface area contributed by atoms with Crippen LogP contribution in [0.1, 0.15) is 11.1 Å². The summed E-state index contributed by atoms with van der Waals surface area (Å²) in [4.78, 5) is 14.4. The fraction of sp³-hybridized carbons (Fsp3) is 0.350. The lowest BCUT2D eigenvalue weighted by Crippen LogP contribution is -2.40. The zero-order valence-corrected chi connectivity index (χ0v) is 14.8. The summed E-state index contributed by atoms with van der Waals surface area (Å²) >= 11 is 0. The van der Waals surface area contributed by atoms with E-state index in [0.29, 0.717) is 26.2 Å². The molecule has 3 N–H and O–H groups in total. The molecular weight excluding hydrogens is 330 g/mol. The molecule has 6 heteroatoms. The minimum Gasteiger partial charge on any atom is -0.454 e. The van der Waals surface area contributed by atoms with Crippen molar-refractivity contribution in [3.05, 3.63) is 59.7 Å². The van der Waals surface area contributed by atoms with Gasteiger partial charge in [-0.1, -0.05) is 36.4 Å². The van der Waals surface area contributed by atoms with E-state index in [1.165, 1.54) is 5.56 Å². The van der Waals surface area contributed by atoms with Gasteiger partial charge in [-0.2, -0.15) is 0 Å². The number of benzene rings is 2. The highest BCUT2D eigenvalue weighted by Crippen LogP contribution is 2.32. The Bertz CT molecular complexity index is 721. The van der Waals surface area contributed by atoms with Gasteiger partial charge in [0.1, 0.15) is 0 Å². The first-order chi connectivity index (χ1) is 12.7. The molecule has 6 nitrogen and oxygen atoms in total. The number of hydrogen-bond donors (Lipinski definition) is 2. The van der Waals surface area contributed by atoms with Crippen LogP contribution in [-0.4, -0.2) is 43.8 Å². The average molecular weight is 355 g/mol. The van der Waals surface area contributed by atoms with Crippen LogP contribution in [-0.2, 0) is 17.8 Å². The summed E-state index contributed by atoms with van der Waals surface area (Å²) in [7, 11) is 0. The van der Waals surface area contributed by atoms with Crippen LogP contribution in [0.3, 0.4) is 0 Å². The minimum absolute atomic E-state index is 0.0100. The van der Waals surface area contributed by atoms with E-state index < -0.39 is 0 Å². The van der Waals surface area contributed by atoms with Crippen molar-refractivity contribution in [1.29, 1.82) is 0 Å². The second-order valence-electron chi connectivity index (χ2n) is 6.26. The van der Waals surface area contributed by atoms with E-state index in [2.05, 4.69) is 22.3 Å². The summed E-state index contributed by atoms with van der Waals surface area (Å²) in [5.74, 6) is 1.46. The summed E-state index contributed by atoms with van der Waals surface area (Å²) in [6.45, 7) is 3.09. The highest BCUT2D eigenvalue weighted by Gasteiger charge is 2.14. The number of carbonyl (C=O) groups is 1. The number of nitrogens with zero attached hydrogens (tertiary/aromatic N) is 1. The number of fused-ring (bicyclic) bond motifs is 1. The average Bonchev–Trinajstić information content (AvgIpc) is 3.13. The van der Waals surface area contributed by atoms with Gasteiger partial charge in [0.15, 0.2) is 11.5 Å². The van der Waals surface area contributed by atoms with E-state index in [4.69, 9.17) is 15.2 Å². The molecule has 0 aliphatic carbocycles. The lowest BCUT2D eigenvalue weighted by molar-refractivity contribution is -0.122. The van der Waals surface area contributed by atoms with Gasteiger partial charge < -0.3 is 20.5 Å². The molecule has 0 unspecified atom stereocenters. The largest absolute Gasteiger partial charge is 0.454 e. The van der Waals surface area contributed by atoms with Crippen LogP contribution < -0.4 is 20.5 Å². The lowest BCUT2D eigenvalue weighted by Gasteiger charge is -2.21. The first-order valence-corrected chi connectivity index (χ1v) is 8.86. The van der Waals surface area contributed by atoms with Crippen molar-refractivity contribution in [2.24, 2.45) is 5.73 Å². The Morgan fingerprint density at radius 1 is 1.04 bits per heavy atom. The van der Waals surface area contributed by atoms with Gasteiger partial charge in [0.25, 0.3) is 0 Å². The van der Waals surface area contributed by atoms with Crippen molar-refractivity contribution >= 4 is 5.91 Å². The highest BCUT2D eigenvalue weighted by molar-refractivity contribution is 5.78. The molecule has 0 saturated carbocycles. The van der Waals surface area contributed by atoms with Crippen molar-refractivity contribution in [3.8, 4) is 11.5 Å². The Labute approximate surface area is 153 Å². The van der Waals surface area contributed by atoms with Crippen molar-refractivity contribution in [2.45, 2.75) is 13.0 Å². The van der Waals surface area contributed by atoms with E-state index in [9.17, 15) is 4.79 Å². The molecule has 1 amide bonds. The van der Waals surface area contributed by atoms with Gasteiger partial charge in [0.05, 0.1) is 6.54 Å². The van der Waals surface area contributed by atoms with E-state index >= 15 is 0 Å². The van der Waals surface area contributed by atoms with Gasteiger partial charge in [-0.05, 0) is 29.7 Å². The Balaban J connectivity index is 1.46. The third-order valence-electron chi connectivity index (χ3n) is 4.30. The van der Waals surface area contributed by atoms with E-state index in [1.807, 2.05) is 36.4 Å². The minimum atomic E-state index is -0.0100. The summed E-state index contributed by atoms with van der Waals surface area (Å²) in [6, 6.07) is 16.0. The Morgan fingerprint density at radius 2 is 1.85 bits per heavy atom. The number of amides is 1. The predicted octanol–water partition coefficient (Wildman–Crippen LogP) is 1.53. The van der Waals surface area contributed by atoms with E-state index in [1.54, 1.807) is 0 Å². The number of rotatable bonds is 9. The van der Waals surface area contributed by atoms with E-state index in [-0.39, 0.29) is 12.7 Å². The quantitative estimate of drug-likeness (QED) is 0.713. The van der Waals surface area contributed by atoms with Crippen molar-refractivity contribution in [3.63, 3.8) is 0 Å². The predicted molar refractivity (Wildman–Crippen MR) is 100 cm³/mol. The van der Waals surface area contributed by atoms with Gasteiger partial charge in [0, 0.05) is 26.2 Å². The zero-order chi connectivity index (χ0) is 18.2. The summed E-state index contributed by atoms with van der Waals surface area (Å²) in [6.07, 6.45) is 0.899. The molecule has 0 atom stereocenters. The molecule has 0 bridgehead atoms. The lowest BCUT2D eigenvalue weighted by atomic mass is 10.1. The number of nitrogens with one attached hydrogen (secondary N) is 1. The molecule has 2 aromatic rings. The summed E-state index contributed by atoms with van der Waals surface area (Å²) < 4.78 is 10.7. The third-order valence-corrected chi connectivity index (χ3v) is 4.30. The van der Waals surface area contributed by atoms with Crippen LogP contribution in [0.4, 0.5) is 0 Å². The molecule has 1 aliphatic heterocycles. The molecule has 0 saturated heterocycles. The second-order valence-corrected chi connectivity index (χ2v) is 6.26. The molecule has 1 heterocycles. The second kappa shape index (κ2) is 9.22. The van der Waals surface area contributed by atoms with Crippen molar-refractivity contribution in [1.82, 2.24) is 10.2 Å². The van der Waals surface area contributed by atoms with Gasteiger partial charge in [-0.15, -0.1) is 0 Å². The summed E-state index contributed by atoms with van der Waals surface area (Å²) in [5.41, 5.74) is 7.94. The fourth-order valence-electron chi connectivity index (χ4n) is 2.89. The number of hydrogen-bond acceptors (Lipinski definition) is 5. The Hall–Kier alpha value is -2.57. The molecular formula is C20H25N3O3. The zero-order valence-electron chi connectivity index (χ0n) is 14.8. The van der Waals surface area contributed by atoms with Crippen molar-refractivity contribution in [2.75, 3.05) is 33.0 Å². The molecule has 2 aromatic carbocycles. The number of nitrogens with two attached hydrogens (primary N) is 1. The third kappa shape index (κ3) is 5.21. The van der Waals surface area contributed by atoms with Gasteiger partial charge >= 0.3 is 0 Å². The Morgan fingerprint density at radius 3 is 2.65 bits per heavy atom. The van der Waals surface area contributed by atoms with Crippen LogP contribution in [0.15, 0.2) is 48.5 Å². The molecule has 0 radical (unpaired) electrons. The maximum atomic E-state index is 12.3. The van der Waals surface area contributed by atoms with Crippen molar-refractivity contribution < 1.29 is 14.3 Å². The molecule has 3 rings (SSSR count). The monoisotopic (exact) mass is 355 g/mol. The molecule has 0 fully saturated rings. The fourth-order valence-corrected chi connectivity index (χ4v) is 2.89. The van der Waals surface area contributed by atoms with Crippen LogP contribution in [0.25, 0.3) is 0 Å². The maximum Gasteiger partial charge on any atom is 0.234 e. The normalized spacial score (nSPS) is 12.4. The molecule has 0 aromatic heterocycles. The smallest absolute Gasteiger partial charge is 0.234 e. The number of ether oxygens (including phenoxy) is 2. The Kier molecular flexibility index (Phi) is 6.46. The van der Waals surface area contributed by atoms with Gasteiger partial charge in [-0.25, -0.2) is 0 Å². The SMILES string of the molecule is NCCN(CCc1ccccc1)CC(=O)NCc1ccc2c(c1)OCO2. The van der Waals surface area contributed by atoms with Gasteiger partial charge in [0.2, 0.25) is 12.7 Å². The number of carbonyl (C=O) groups excluding carboxylic acids is 1. The molecule has 26 heavy (non-hydrogen) atoms. The van der Waals surface area contributed by atoms with Gasteiger partial charge in [-0.3, -0.25) is 9.69 Å². The summed E-state index contributed by atoms with van der Waals surface area (Å²) in [5, 5.41) is 2.96. The van der Waals surface area contributed by atoms with Crippen LogP contribution in [0, 0.1) is 0 Å². The highest BCUT2D eigenvalue weighted by atomic mass is 16.7. The molecule has 138 valence electrons. The standard InChI is InChI=1S/C20H25N3O3/c21-9-11-23(10-8-16-4-2-1-3-5-16)14-20(24)22-13-17-6-7-18-19(12-17)26-15-25-18/h1-7,12H,8-11,13-15,21H2,(H,22,24). The van der Waals surface area contributed by atoms with Crippen LogP contribution in [0.5, 0.6) is 11.5 Å². The van der Waals surface area contributed by atoms with Crippen LogP contribution >= 0.6 is 0 Å². The molecule has 1 aliphatic rings. The van der Waals surface area contributed by atoms with E-state index in [0.717, 1.165) is 30.0 Å². The topological polar surface area (TPSA) is 76.8 Å². The van der Waals surface area contributed by atoms with Crippen LogP contribution in [0.2, 0.25) is 0 Å². The molecule has 0 spiro atoms. The maximum absolute atomic E-state index is 12.3.